The summed E-state index contributed by atoms with van der Waals surface area (Å²) in [4.78, 5) is 12.4. The van der Waals surface area contributed by atoms with Crippen LogP contribution in [0.1, 0.15) is 27.0 Å². The molecule has 0 unspecified atom stereocenters. The second-order valence-corrected chi connectivity index (χ2v) is 9.15. The Morgan fingerprint density at radius 2 is 1.59 bits per heavy atom. The van der Waals surface area contributed by atoms with Gasteiger partial charge in [-0.1, -0.05) is 35.9 Å². The first-order valence-corrected chi connectivity index (χ1v) is 11.0. The highest BCUT2D eigenvalue weighted by molar-refractivity contribution is 7.89. The van der Waals surface area contributed by atoms with Gasteiger partial charge >= 0.3 is 0 Å². The van der Waals surface area contributed by atoms with Gasteiger partial charge in [0.25, 0.3) is 5.91 Å². The van der Waals surface area contributed by atoms with E-state index in [1.165, 1.54) is 29.6 Å². The lowest BCUT2D eigenvalue weighted by Crippen LogP contribution is -2.26. The van der Waals surface area contributed by atoms with Crippen LogP contribution in [-0.4, -0.2) is 31.9 Å². The van der Waals surface area contributed by atoms with Gasteiger partial charge < -0.3 is 0 Å². The van der Waals surface area contributed by atoms with Crippen LogP contribution in [0.2, 0.25) is 0 Å². The van der Waals surface area contributed by atoms with Crippen molar-refractivity contribution in [2.45, 2.75) is 18.4 Å². The highest BCUT2D eigenvalue weighted by Crippen LogP contribution is 2.18. The maximum Gasteiger partial charge on any atom is 0.271 e. The van der Waals surface area contributed by atoms with Crippen LogP contribution in [0.15, 0.2) is 76.7 Å². The number of halogens is 2. The molecule has 1 N–H and O–H groups in total. The van der Waals surface area contributed by atoms with Crippen LogP contribution in [0.3, 0.4) is 0 Å². The van der Waals surface area contributed by atoms with Crippen molar-refractivity contribution in [1.29, 1.82) is 0 Å². The topological polar surface area (TPSA) is 78.8 Å². The summed E-state index contributed by atoms with van der Waals surface area (Å²) in [7, 11) is -2.17. The first-order valence-electron chi connectivity index (χ1n) is 9.58. The third-order valence-corrected chi connectivity index (χ3v) is 6.53. The number of aryl methyl sites for hydroxylation is 1. The minimum absolute atomic E-state index is 0.114. The number of nitrogens with zero attached hydrogens (tertiary/aromatic N) is 2. The molecule has 0 saturated carbocycles. The number of amides is 1. The van der Waals surface area contributed by atoms with Gasteiger partial charge in [-0.2, -0.15) is 9.41 Å². The van der Waals surface area contributed by atoms with Gasteiger partial charge in [0.2, 0.25) is 10.0 Å². The molecular weight excluding hydrogens is 436 g/mol. The van der Waals surface area contributed by atoms with Crippen molar-refractivity contribution in [3.63, 3.8) is 0 Å². The van der Waals surface area contributed by atoms with E-state index < -0.39 is 27.6 Å². The Bertz CT molecular complexity index is 1220. The second-order valence-electron chi connectivity index (χ2n) is 7.11. The van der Waals surface area contributed by atoms with Gasteiger partial charge in [0.15, 0.2) is 0 Å². The zero-order valence-electron chi connectivity index (χ0n) is 17.4. The zero-order valence-corrected chi connectivity index (χ0v) is 18.2. The van der Waals surface area contributed by atoms with Crippen LogP contribution >= 0.6 is 0 Å². The molecule has 166 valence electrons. The molecule has 9 heteroatoms. The summed E-state index contributed by atoms with van der Waals surface area (Å²) in [6.45, 7) is 1.99. The molecule has 0 fully saturated rings. The third-order valence-electron chi connectivity index (χ3n) is 4.71. The Balaban J connectivity index is 1.63. The molecule has 0 atom stereocenters. The van der Waals surface area contributed by atoms with E-state index in [2.05, 4.69) is 10.5 Å². The summed E-state index contributed by atoms with van der Waals surface area (Å²) in [6.07, 6.45) is 0.891. The van der Waals surface area contributed by atoms with Crippen LogP contribution in [0.5, 0.6) is 0 Å². The standard InChI is InChI=1S/C23H21F2N3O3S/c1-16-6-12-19(13-7-16)32(30,31)28(2)15-17-8-10-18(11-9-17)23(29)27-26-14-20-21(24)4-3-5-22(20)25/h3-14H,15H2,1-2H3,(H,27,29)/b26-14-. The van der Waals surface area contributed by atoms with Crippen LogP contribution in [0.25, 0.3) is 0 Å². The minimum Gasteiger partial charge on any atom is -0.267 e. The molecule has 0 bridgehead atoms. The quantitative estimate of drug-likeness (QED) is 0.432. The predicted molar refractivity (Wildman–Crippen MR) is 118 cm³/mol. The average molecular weight is 458 g/mol. The normalized spacial score (nSPS) is 11.8. The maximum atomic E-state index is 13.6. The molecule has 0 heterocycles. The lowest BCUT2D eigenvalue weighted by atomic mass is 10.1. The number of benzene rings is 3. The molecule has 1 amide bonds. The molecular formula is C23H21F2N3O3S. The van der Waals surface area contributed by atoms with Crippen molar-refractivity contribution in [1.82, 2.24) is 9.73 Å². The fourth-order valence-electron chi connectivity index (χ4n) is 2.85. The smallest absolute Gasteiger partial charge is 0.267 e. The van der Waals surface area contributed by atoms with E-state index in [-0.39, 0.29) is 22.6 Å². The van der Waals surface area contributed by atoms with Gasteiger partial charge in [-0.25, -0.2) is 22.6 Å². The Kier molecular flexibility index (Phi) is 7.12. The second kappa shape index (κ2) is 9.80. The largest absolute Gasteiger partial charge is 0.271 e. The lowest BCUT2D eigenvalue weighted by Gasteiger charge is -2.17. The Hall–Kier alpha value is -3.43. The predicted octanol–water partition coefficient (Wildman–Crippen LogP) is 3.86. The molecule has 3 aromatic rings. The fourth-order valence-corrected chi connectivity index (χ4v) is 4.01. The first-order chi connectivity index (χ1) is 15.2. The van der Waals surface area contributed by atoms with Crippen LogP contribution in [-0.2, 0) is 16.6 Å². The number of hydrogen-bond acceptors (Lipinski definition) is 4. The molecule has 0 saturated heterocycles. The average Bonchev–Trinajstić information content (AvgIpc) is 2.76. The summed E-state index contributed by atoms with van der Waals surface area (Å²) in [5.41, 5.74) is 3.74. The Morgan fingerprint density at radius 1 is 1.00 bits per heavy atom. The third kappa shape index (κ3) is 5.43. The van der Waals surface area contributed by atoms with E-state index in [0.717, 1.165) is 23.9 Å². The van der Waals surface area contributed by atoms with Crippen molar-refractivity contribution >= 4 is 22.1 Å². The summed E-state index contributed by atoms with van der Waals surface area (Å²) in [5.74, 6) is -2.17. The van der Waals surface area contributed by atoms with E-state index >= 15 is 0 Å². The molecule has 0 radical (unpaired) electrons. The molecule has 0 aliphatic carbocycles. The summed E-state index contributed by atoms with van der Waals surface area (Å²) >= 11 is 0. The molecule has 0 spiro atoms. The van der Waals surface area contributed by atoms with Crippen LogP contribution in [0.4, 0.5) is 8.78 Å². The van der Waals surface area contributed by atoms with Crippen LogP contribution < -0.4 is 5.43 Å². The van der Waals surface area contributed by atoms with Crippen molar-refractivity contribution < 1.29 is 22.0 Å². The monoisotopic (exact) mass is 457 g/mol. The van der Waals surface area contributed by atoms with Gasteiger partial charge in [0, 0.05) is 19.2 Å². The number of sulfonamides is 1. The Labute approximate surface area is 185 Å². The number of carbonyl (C=O) groups excluding carboxylic acids is 1. The van der Waals surface area contributed by atoms with E-state index in [1.54, 1.807) is 36.4 Å². The number of hydrazone groups is 1. The number of rotatable bonds is 7. The van der Waals surface area contributed by atoms with E-state index in [0.29, 0.717) is 5.56 Å². The fraction of sp³-hybridized carbons (Fsp3) is 0.130. The summed E-state index contributed by atoms with van der Waals surface area (Å²) in [5, 5.41) is 3.59. The highest BCUT2D eigenvalue weighted by atomic mass is 32.2. The molecule has 6 nitrogen and oxygen atoms in total. The van der Waals surface area contributed by atoms with E-state index in [1.807, 2.05) is 6.92 Å². The van der Waals surface area contributed by atoms with Crippen molar-refractivity contribution in [3.05, 3.63) is 101 Å². The number of nitrogens with one attached hydrogen (secondary N) is 1. The van der Waals surface area contributed by atoms with Gasteiger partial charge in [-0.3, -0.25) is 4.79 Å². The van der Waals surface area contributed by atoms with Gasteiger partial charge in [-0.15, -0.1) is 0 Å². The Morgan fingerprint density at radius 3 is 2.19 bits per heavy atom. The number of hydrogen-bond donors (Lipinski definition) is 1. The summed E-state index contributed by atoms with van der Waals surface area (Å²) < 4.78 is 53.8. The number of carbonyl (C=O) groups is 1. The molecule has 3 aromatic carbocycles. The highest BCUT2D eigenvalue weighted by Gasteiger charge is 2.20. The molecule has 0 aromatic heterocycles. The van der Waals surface area contributed by atoms with Crippen molar-refractivity contribution in [2.75, 3.05) is 7.05 Å². The molecule has 3 rings (SSSR count). The first kappa shape index (κ1) is 23.2. The molecule has 0 aliphatic rings. The molecule has 32 heavy (non-hydrogen) atoms. The summed E-state index contributed by atoms with van der Waals surface area (Å²) in [6, 6.07) is 16.2. The molecule has 0 aliphatic heterocycles. The van der Waals surface area contributed by atoms with Gasteiger partial charge in [-0.05, 0) is 48.9 Å². The van der Waals surface area contributed by atoms with Gasteiger partial charge in [0.1, 0.15) is 11.6 Å². The SMILES string of the molecule is Cc1ccc(S(=O)(=O)N(C)Cc2ccc(C(=O)N/N=C\c3c(F)cccc3F)cc2)cc1. The lowest BCUT2D eigenvalue weighted by molar-refractivity contribution is 0.0955. The maximum absolute atomic E-state index is 13.6. The van der Waals surface area contributed by atoms with Crippen molar-refractivity contribution in [2.24, 2.45) is 5.10 Å². The van der Waals surface area contributed by atoms with E-state index in [9.17, 15) is 22.0 Å². The van der Waals surface area contributed by atoms with E-state index in [4.69, 9.17) is 0 Å². The van der Waals surface area contributed by atoms with Gasteiger partial charge in [0.05, 0.1) is 16.7 Å². The van der Waals surface area contributed by atoms with Crippen molar-refractivity contribution in [3.8, 4) is 0 Å². The van der Waals surface area contributed by atoms with Crippen LogP contribution in [0, 0.1) is 18.6 Å². The minimum atomic E-state index is -3.65. The zero-order chi connectivity index (χ0) is 23.3.